The molecule has 644 valence electrons. The lowest BCUT2D eigenvalue weighted by atomic mass is 9.78. The van der Waals surface area contributed by atoms with Crippen molar-refractivity contribution >= 4 is 108 Å². The third-order valence-corrected chi connectivity index (χ3v) is 28.3. The molecule has 9 rings (SSSR count). The Labute approximate surface area is 694 Å². The van der Waals surface area contributed by atoms with Gasteiger partial charge in [-0.25, -0.2) is 8.42 Å². The molecule has 0 aromatic heterocycles. The number of para-hydroxylation sites is 1. The van der Waals surface area contributed by atoms with Crippen LogP contribution in [0.25, 0.3) is 0 Å². The Bertz CT molecular complexity index is 5080. The van der Waals surface area contributed by atoms with E-state index in [-0.39, 0.29) is 72.0 Å². The molecule has 26 nitrogen and oxygen atoms in total. The highest BCUT2D eigenvalue weighted by Crippen LogP contribution is 2.57. The lowest BCUT2D eigenvalue weighted by Crippen LogP contribution is -2.31. The van der Waals surface area contributed by atoms with Crippen molar-refractivity contribution in [3.05, 3.63) is 184 Å². The maximum absolute atomic E-state index is 13.8. The molecule has 0 saturated carbocycles. The van der Waals surface area contributed by atoms with Crippen molar-refractivity contribution in [2.75, 3.05) is 81.3 Å². The van der Waals surface area contributed by atoms with E-state index in [9.17, 15) is 57.6 Å². The Morgan fingerprint density at radius 2 is 0.983 bits per heavy atom. The number of unbranched alkanes of at least 4 members (excludes halogenated alkanes) is 6. The predicted molar refractivity (Wildman–Crippen MR) is 457 cm³/mol. The molecule has 0 amide bonds. The molecule has 2 unspecified atom stereocenters. The van der Waals surface area contributed by atoms with Crippen LogP contribution in [0, 0.1) is 13.8 Å². The third-order valence-electron chi connectivity index (χ3n) is 21.8. The summed E-state index contributed by atoms with van der Waals surface area (Å²) in [4.78, 5) is 23.6. The largest absolute Gasteiger partial charge is 0.748 e. The molecule has 4 aliphatic rings. The first-order valence-electron chi connectivity index (χ1n) is 39.9. The number of rotatable bonds is 42. The number of carboxylic acids is 2. The van der Waals surface area contributed by atoms with Gasteiger partial charge in [-0.3, -0.25) is 27.8 Å². The molecular formula is C85H120N4O22P2S4+2. The van der Waals surface area contributed by atoms with Gasteiger partial charge >= 0.3 is 37.7 Å². The molecule has 0 spiro atoms. The van der Waals surface area contributed by atoms with Crippen molar-refractivity contribution < 1.29 is 112 Å². The monoisotopic (exact) mass is 1740 g/mol. The molecule has 2 atom stereocenters. The minimum absolute atomic E-state index is 0.00704. The predicted octanol–water partition coefficient (Wildman–Crippen LogP) is 16.7. The molecule has 0 aliphatic carbocycles. The van der Waals surface area contributed by atoms with E-state index in [0.29, 0.717) is 82.4 Å². The summed E-state index contributed by atoms with van der Waals surface area (Å²) in [6.07, 6.45) is 19.2. The molecule has 32 heteroatoms. The quantitative estimate of drug-likeness (QED) is 0.0122. The van der Waals surface area contributed by atoms with Crippen molar-refractivity contribution in [1.29, 1.82) is 0 Å². The lowest BCUT2D eigenvalue weighted by Gasteiger charge is -2.31. The molecule has 4 heterocycles. The summed E-state index contributed by atoms with van der Waals surface area (Å²) in [5.74, 6) is -2.28. The number of nitrogens with zero attached hydrogens (tertiary/aromatic N) is 4. The smallest absolute Gasteiger partial charge is 0.425 e. The number of carboxylic acid groups (broad SMARTS) is 2. The second kappa shape index (κ2) is 43.8. The number of carbonyl (C=O) groups is 2. The van der Waals surface area contributed by atoms with Crippen LogP contribution in [0.2, 0.25) is 0 Å². The van der Waals surface area contributed by atoms with Crippen LogP contribution in [0.4, 0.5) is 22.7 Å². The fraction of sp³-hybridized carbons (Fsp3) is 0.518. The minimum Gasteiger partial charge on any atom is -0.748 e. The SMILES string of the molecule is CCOP(=O)(CCC1(C)C(=CC=CC2=[N+](CCCCCC(=O)O)c3ccc(C)cc3C2(C)C)N(CCCCS(=O)(=O)O)c2ccc(S(=O)(=O)O)cc21)OCC.CCOP(=O)(CCC1(C)C(C)=[N+](CCCCS(=O)(=O)[O-])c2ccccc21)OCC.Cc1ccc2c(c1)C(C)(C)C(C=CCc1ccccc1)=[N+]2CCCCCC(=O)O.O=S(=O)=O. The summed E-state index contributed by atoms with van der Waals surface area (Å²) < 4.78 is 181. The number of aryl methyl sites for hydroxylation is 2. The van der Waals surface area contributed by atoms with E-state index in [0.717, 1.165) is 84.7 Å². The average Bonchev–Trinajstić information content (AvgIpc) is 1.59. The van der Waals surface area contributed by atoms with Crippen molar-refractivity contribution in [1.82, 2.24) is 0 Å². The third kappa shape index (κ3) is 27.9. The van der Waals surface area contributed by atoms with Crippen LogP contribution in [-0.4, -0.2) is 181 Å². The van der Waals surface area contributed by atoms with Crippen LogP contribution in [0.3, 0.4) is 0 Å². The first kappa shape index (κ1) is 98.5. The second-order valence-corrected chi connectivity index (χ2v) is 40.3. The maximum atomic E-state index is 13.8. The fourth-order valence-electron chi connectivity index (χ4n) is 15.7. The van der Waals surface area contributed by atoms with E-state index in [4.69, 9.17) is 40.9 Å². The molecule has 0 fully saturated rings. The van der Waals surface area contributed by atoms with Gasteiger partial charge in [-0.2, -0.15) is 30.6 Å². The average molecular weight is 1740 g/mol. The molecule has 4 N–H and O–H groups in total. The van der Waals surface area contributed by atoms with Gasteiger partial charge in [0.2, 0.25) is 17.1 Å². The number of fused-ring (bicyclic) bond motifs is 4. The minimum atomic E-state index is -4.59. The van der Waals surface area contributed by atoms with Gasteiger partial charge in [0.25, 0.3) is 20.2 Å². The molecule has 5 aromatic carbocycles. The van der Waals surface area contributed by atoms with E-state index >= 15 is 0 Å². The van der Waals surface area contributed by atoms with Gasteiger partial charge in [0.05, 0.1) is 75.8 Å². The van der Waals surface area contributed by atoms with Crippen molar-refractivity contribution in [2.24, 2.45) is 0 Å². The van der Waals surface area contributed by atoms with Crippen molar-refractivity contribution in [3.63, 3.8) is 0 Å². The van der Waals surface area contributed by atoms with Gasteiger partial charge in [-0.15, -0.1) is 12.6 Å². The normalized spacial score (nSPS) is 17.8. The summed E-state index contributed by atoms with van der Waals surface area (Å²) in [6.45, 7) is 29.8. The number of hydrogen-bond acceptors (Lipinski definition) is 19. The molecular weight excluding hydrogens is 1620 g/mol. The highest BCUT2D eigenvalue weighted by molar-refractivity contribution is 7.86. The van der Waals surface area contributed by atoms with Gasteiger partial charge in [-0.1, -0.05) is 83.9 Å². The summed E-state index contributed by atoms with van der Waals surface area (Å²) in [6, 6.07) is 36.1. The zero-order valence-electron chi connectivity index (χ0n) is 69.8. The molecule has 117 heavy (non-hydrogen) atoms. The van der Waals surface area contributed by atoms with Crippen LogP contribution < -0.4 is 4.90 Å². The van der Waals surface area contributed by atoms with Gasteiger partial charge < -0.3 is 37.8 Å². The molecule has 0 radical (unpaired) electrons. The highest BCUT2D eigenvalue weighted by Gasteiger charge is 2.50. The Morgan fingerprint density at radius 3 is 1.46 bits per heavy atom. The van der Waals surface area contributed by atoms with E-state index in [1.165, 1.54) is 45.8 Å². The van der Waals surface area contributed by atoms with Crippen LogP contribution in [0.1, 0.15) is 205 Å². The van der Waals surface area contributed by atoms with Crippen molar-refractivity contribution in [2.45, 2.75) is 213 Å². The Hall–Kier alpha value is -7.28. The second-order valence-electron chi connectivity index (χ2n) is 31.0. The summed E-state index contributed by atoms with van der Waals surface area (Å²) in [5.41, 5.74) is 14.5. The lowest BCUT2D eigenvalue weighted by molar-refractivity contribution is -0.439. The van der Waals surface area contributed by atoms with Gasteiger partial charge in [-0.05, 0) is 195 Å². The van der Waals surface area contributed by atoms with Gasteiger partial charge in [0.15, 0.2) is 17.1 Å². The fourth-order valence-corrected chi connectivity index (χ4v) is 21.1. The first-order chi connectivity index (χ1) is 54.8. The number of allylic oxidation sites excluding steroid dienone is 6. The molecule has 5 aromatic rings. The Morgan fingerprint density at radius 1 is 0.530 bits per heavy atom. The zero-order chi connectivity index (χ0) is 87.0. The molecule has 0 bridgehead atoms. The number of anilines is 1. The Kier molecular flexibility index (Phi) is 36.9. The van der Waals surface area contributed by atoms with Crippen molar-refractivity contribution in [3.8, 4) is 0 Å². The van der Waals surface area contributed by atoms with Crippen LogP contribution in [0.15, 0.2) is 150 Å². The molecule has 4 aliphatic heterocycles. The number of hydrogen-bond donors (Lipinski definition) is 4. The number of aliphatic carboxylic acids is 2. The zero-order valence-corrected chi connectivity index (χ0v) is 74.9. The van der Waals surface area contributed by atoms with E-state index in [2.05, 4.69) is 148 Å². The van der Waals surface area contributed by atoms with Gasteiger partial charge in [0, 0.05) is 115 Å². The number of benzene rings is 5. The van der Waals surface area contributed by atoms with Crippen LogP contribution in [0.5, 0.6) is 0 Å². The van der Waals surface area contributed by atoms with E-state index in [1.54, 1.807) is 33.8 Å². The Balaban J connectivity index is 0.000000288. The van der Waals surface area contributed by atoms with E-state index in [1.807, 2.05) is 54.3 Å². The van der Waals surface area contributed by atoms with Crippen LogP contribution >= 0.6 is 15.2 Å². The highest BCUT2D eigenvalue weighted by atomic mass is 32.2. The topological polar surface area (TPSA) is 375 Å². The van der Waals surface area contributed by atoms with Crippen LogP contribution in [-0.2, 0) is 106 Å². The van der Waals surface area contributed by atoms with E-state index < -0.39 is 79.3 Å². The summed E-state index contributed by atoms with van der Waals surface area (Å²) in [5, 5.41) is 18.0. The standard InChI is InChI=1S/C39H55N2O11PS2.C26H31NO2.C20H32NO6PS.O3S/c1-7-51-53(44,52-8-2)25-22-39(6)32-28-30(55(48,49)50)19-21-34(32)41(24-12-13-26-54(45,46)47)36(39)16-14-15-35-38(4,5)31-27-29(3)18-20-33(31)40(35)23-11-9-10-17-37(42)43;1-20-16-17-23-22(19-20)26(2,3)24(14-10-13-21-11-6-4-7-12-21)27(23)18-9-5-8-15-25(28)29;1-5-26-28(22,27-6-2)15-13-20(4)17(3)21(14-9-10-16-29(23,24)25)19-12-8-7-11-18(19)20;1-4(2)3/h14-16,18-21,27-28H,7-13,17,22-26H2,1-6H3,(H2-,42,43,45,46,47,48,49,50);4,6-7,10-12,14,16-17,19H,5,8-9,13,15,18H2,1-3H3;7-8,11-12H,5-6,9-10,13-16H2,1-4H3;/p+2. The summed E-state index contributed by atoms with van der Waals surface area (Å²) in [7, 11) is -22.8. The van der Waals surface area contributed by atoms with Gasteiger partial charge in [0.1, 0.15) is 19.6 Å². The maximum Gasteiger partial charge on any atom is 0.425 e. The first-order valence-corrected chi connectivity index (χ1v) is 49.0. The summed E-state index contributed by atoms with van der Waals surface area (Å²) >= 11 is 0. The molecule has 0 saturated heterocycles.